The normalized spacial score (nSPS) is 19.5. The van der Waals surface area contributed by atoms with Crippen LogP contribution >= 0.6 is 0 Å². The SMILES string of the molecule is COCCC(N)=N[C@@H]1CCCC[C@@H]1Nc1nc(C(=O)NCC(C)(C)C)nc2ccc(C)cc12. The number of methoxy groups -OCH3 is 1. The lowest BCUT2D eigenvalue weighted by Gasteiger charge is -2.30. The summed E-state index contributed by atoms with van der Waals surface area (Å²) >= 11 is 0. The average molecular weight is 455 g/mol. The van der Waals surface area contributed by atoms with E-state index in [1.54, 1.807) is 7.11 Å². The Morgan fingerprint density at radius 1 is 1.24 bits per heavy atom. The second-order valence-electron chi connectivity index (χ2n) is 10.1. The quantitative estimate of drug-likeness (QED) is 0.412. The van der Waals surface area contributed by atoms with Gasteiger partial charge in [-0.3, -0.25) is 9.79 Å². The Labute approximate surface area is 196 Å². The molecule has 2 aromatic rings. The van der Waals surface area contributed by atoms with E-state index in [1.807, 2.05) is 19.1 Å². The highest BCUT2D eigenvalue weighted by Crippen LogP contribution is 2.28. The van der Waals surface area contributed by atoms with Crippen molar-refractivity contribution in [2.45, 2.75) is 71.9 Å². The maximum absolute atomic E-state index is 12.8. The number of benzene rings is 1. The van der Waals surface area contributed by atoms with Crippen LogP contribution in [0.25, 0.3) is 10.9 Å². The molecular weight excluding hydrogens is 416 g/mol. The van der Waals surface area contributed by atoms with Crippen LogP contribution in [0.2, 0.25) is 0 Å². The molecule has 1 aliphatic rings. The van der Waals surface area contributed by atoms with Crippen LogP contribution < -0.4 is 16.4 Å². The van der Waals surface area contributed by atoms with Crippen molar-refractivity contribution in [3.05, 3.63) is 29.6 Å². The maximum atomic E-state index is 12.8. The second kappa shape index (κ2) is 10.9. The molecule has 0 bridgehead atoms. The Morgan fingerprint density at radius 3 is 2.73 bits per heavy atom. The Hall–Kier alpha value is -2.74. The second-order valence-corrected chi connectivity index (χ2v) is 10.1. The minimum atomic E-state index is -0.266. The molecule has 1 saturated carbocycles. The van der Waals surface area contributed by atoms with Crippen molar-refractivity contribution in [2.24, 2.45) is 16.1 Å². The smallest absolute Gasteiger partial charge is 0.289 e. The molecule has 1 amide bonds. The van der Waals surface area contributed by atoms with E-state index < -0.39 is 0 Å². The standard InChI is InChI=1S/C25H38N6O2/c1-16-10-11-18-17(14-16)22(31-23(29-18)24(32)27-15-25(2,3)4)30-20-9-7-6-8-19(20)28-21(26)12-13-33-5/h10-11,14,19-20H,6-9,12-13,15H2,1-5H3,(H2,26,28)(H,27,32)(H,29,30,31)/t19-,20+/m1/s1. The van der Waals surface area contributed by atoms with Gasteiger partial charge in [0.25, 0.3) is 5.91 Å². The van der Waals surface area contributed by atoms with Gasteiger partial charge in [0.05, 0.1) is 24.0 Å². The van der Waals surface area contributed by atoms with Gasteiger partial charge >= 0.3 is 0 Å². The number of carbonyl (C=O) groups is 1. The van der Waals surface area contributed by atoms with Gasteiger partial charge in [-0.1, -0.05) is 45.2 Å². The number of hydrogen-bond donors (Lipinski definition) is 3. The fraction of sp³-hybridized carbons (Fsp3) is 0.600. The molecule has 0 spiro atoms. The largest absolute Gasteiger partial charge is 0.387 e. The molecule has 3 rings (SSSR count). The maximum Gasteiger partial charge on any atom is 0.289 e. The van der Waals surface area contributed by atoms with Crippen molar-refractivity contribution in [2.75, 3.05) is 25.6 Å². The van der Waals surface area contributed by atoms with Gasteiger partial charge in [-0.2, -0.15) is 0 Å². The third kappa shape index (κ3) is 7.12. The van der Waals surface area contributed by atoms with Gasteiger partial charge in [0.2, 0.25) is 5.82 Å². The van der Waals surface area contributed by atoms with E-state index >= 15 is 0 Å². The molecule has 0 aliphatic heterocycles. The summed E-state index contributed by atoms with van der Waals surface area (Å²) in [7, 11) is 1.66. The van der Waals surface area contributed by atoms with Crippen molar-refractivity contribution >= 4 is 28.5 Å². The number of amidine groups is 1. The van der Waals surface area contributed by atoms with Crippen LogP contribution in [-0.2, 0) is 4.74 Å². The van der Waals surface area contributed by atoms with Crippen molar-refractivity contribution in [3.63, 3.8) is 0 Å². The number of nitrogens with zero attached hydrogens (tertiary/aromatic N) is 3. The summed E-state index contributed by atoms with van der Waals surface area (Å²) in [6.07, 6.45) is 4.78. The Balaban J connectivity index is 1.91. The van der Waals surface area contributed by atoms with Crippen LogP contribution in [0.4, 0.5) is 5.82 Å². The van der Waals surface area contributed by atoms with Crippen LogP contribution in [0.15, 0.2) is 23.2 Å². The fourth-order valence-corrected chi connectivity index (χ4v) is 3.97. The Morgan fingerprint density at radius 2 is 2.00 bits per heavy atom. The third-order valence-corrected chi connectivity index (χ3v) is 5.78. The van der Waals surface area contributed by atoms with E-state index in [0.717, 1.165) is 42.1 Å². The predicted octanol–water partition coefficient (Wildman–Crippen LogP) is 3.83. The van der Waals surface area contributed by atoms with E-state index in [2.05, 4.69) is 47.4 Å². The predicted molar refractivity (Wildman–Crippen MR) is 134 cm³/mol. The van der Waals surface area contributed by atoms with Gasteiger partial charge in [0.15, 0.2) is 0 Å². The zero-order valence-electron chi connectivity index (χ0n) is 20.6. The van der Waals surface area contributed by atoms with E-state index in [1.165, 1.54) is 0 Å². The molecule has 2 atom stereocenters. The molecule has 1 heterocycles. The number of nitrogens with two attached hydrogens (primary N) is 1. The van der Waals surface area contributed by atoms with Gasteiger partial charge in [-0.15, -0.1) is 0 Å². The summed E-state index contributed by atoms with van der Waals surface area (Å²) < 4.78 is 5.13. The molecule has 8 heteroatoms. The first-order chi connectivity index (χ1) is 15.7. The summed E-state index contributed by atoms with van der Waals surface area (Å²) in [5.41, 5.74) is 7.98. The minimum absolute atomic E-state index is 0.0270. The molecule has 1 aromatic carbocycles. The molecule has 0 saturated heterocycles. The van der Waals surface area contributed by atoms with Crippen molar-refractivity contribution in [1.29, 1.82) is 0 Å². The number of fused-ring (bicyclic) bond motifs is 1. The molecule has 0 unspecified atom stereocenters. The summed E-state index contributed by atoms with van der Waals surface area (Å²) in [5, 5.41) is 7.47. The van der Waals surface area contributed by atoms with Crippen LogP contribution in [-0.4, -0.2) is 54.1 Å². The van der Waals surface area contributed by atoms with Gasteiger partial charge < -0.3 is 21.1 Å². The first kappa shape index (κ1) is 24.9. The van der Waals surface area contributed by atoms with Gasteiger partial charge in [-0.25, -0.2) is 9.97 Å². The average Bonchev–Trinajstić information content (AvgIpc) is 2.77. The number of nitrogens with one attached hydrogen (secondary N) is 2. The van der Waals surface area contributed by atoms with E-state index in [0.29, 0.717) is 31.2 Å². The van der Waals surface area contributed by atoms with Crippen LogP contribution in [0.5, 0.6) is 0 Å². The summed E-state index contributed by atoms with van der Waals surface area (Å²) in [6, 6.07) is 6.15. The summed E-state index contributed by atoms with van der Waals surface area (Å²) in [5.74, 6) is 1.19. The Kier molecular flexibility index (Phi) is 8.24. The van der Waals surface area contributed by atoms with Gasteiger partial charge in [0.1, 0.15) is 5.82 Å². The Bertz CT molecular complexity index is 998. The molecule has 33 heavy (non-hydrogen) atoms. The van der Waals surface area contributed by atoms with E-state index in [-0.39, 0.29) is 29.2 Å². The monoisotopic (exact) mass is 454 g/mol. The van der Waals surface area contributed by atoms with Gasteiger partial charge in [0, 0.05) is 31.5 Å². The highest BCUT2D eigenvalue weighted by atomic mass is 16.5. The number of carbonyl (C=O) groups excluding carboxylic acids is 1. The molecule has 1 aromatic heterocycles. The number of aliphatic imine (C=N–C) groups is 1. The molecule has 0 radical (unpaired) electrons. The molecular formula is C25H38N6O2. The number of aryl methyl sites for hydroxylation is 1. The highest BCUT2D eigenvalue weighted by molar-refractivity contribution is 5.96. The van der Waals surface area contributed by atoms with Crippen molar-refractivity contribution in [1.82, 2.24) is 15.3 Å². The minimum Gasteiger partial charge on any atom is -0.387 e. The molecule has 8 nitrogen and oxygen atoms in total. The van der Waals surface area contributed by atoms with Gasteiger partial charge in [-0.05, 0) is 37.3 Å². The number of amides is 1. The van der Waals surface area contributed by atoms with Crippen LogP contribution in [0.1, 0.15) is 69.1 Å². The molecule has 1 aliphatic carbocycles. The van der Waals surface area contributed by atoms with Crippen molar-refractivity contribution < 1.29 is 9.53 Å². The molecule has 1 fully saturated rings. The van der Waals surface area contributed by atoms with E-state index in [4.69, 9.17) is 15.5 Å². The number of aromatic nitrogens is 2. The van der Waals surface area contributed by atoms with Crippen molar-refractivity contribution in [3.8, 4) is 0 Å². The first-order valence-electron chi connectivity index (χ1n) is 11.8. The van der Waals surface area contributed by atoms with E-state index in [9.17, 15) is 4.79 Å². The number of hydrogen-bond acceptors (Lipinski definition) is 6. The lowest BCUT2D eigenvalue weighted by atomic mass is 9.90. The summed E-state index contributed by atoms with van der Waals surface area (Å²) in [6.45, 7) is 9.37. The lowest BCUT2D eigenvalue weighted by Crippen LogP contribution is -2.38. The number of rotatable bonds is 8. The fourth-order valence-electron chi connectivity index (χ4n) is 3.97. The highest BCUT2D eigenvalue weighted by Gasteiger charge is 2.27. The first-order valence-corrected chi connectivity index (χ1v) is 11.8. The molecule has 4 N–H and O–H groups in total. The summed E-state index contributed by atoms with van der Waals surface area (Å²) in [4.78, 5) is 26.8. The lowest BCUT2D eigenvalue weighted by molar-refractivity contribution is 0.0929. The van der Waals surface area contributed by atoms with Crippen LogP contribution in [0, 0.1) is 12.3 Å². The topological polar surface area (TPSA) is 115 Å². The zero-order chi connectivity index (χ0) is 24.0. The number of anilines is 1. The third-order valence-electron chi connectivity index (χ3n) is 5.78. The zero-order valence-corrected chi connectivity index (χ0v) is 20.6. The van der Waals surface area contributed by atoms with Crippen LogP contribution in [0.3, 0.4) is 0 Å². The molecule has 180 valence electrons. The number of ether oxygens (including phenoxy) is 1.